The molecule has 1 fully saturated rings. The second-order valence-corrected chi connectivity index (χ2v) is 6.80. The number of nitrogens with one attached hydrogen (secondary N) is 1. The zero-order valence-electron chi connectivity index (χ0n) is 10.6. The molecule has 2 nitrogen and oxygen atoms in total. The quantitative estimate of drug-likeness (QED) is 0.801. The van der Waals surface area contributed by atoms with Crippen molar-refractivity contribution in [3.05, 3.63) is 0 Å². The van der Waals surface area contributed by atoms with Gasteiger partial charge in [-0.25, -0.2) is 0 Å². The molecular formula is C13H24N2S. The van der Waals surface area contributed by atoms with Crippen molar-refractivity contribution in [2.75, 3.05) is 18.8 Å². The number of nitrogens with zero attached hydrogens (tertiary/aromatic N) is 1. The number of hydrogen-bond acceptors (Lipinski definition) is 3. The molecule has 0 radical (unpaired) electrons. The van der Waals surface area contributed by atoms with Crippen LogP contribution in [0.15, 0.2) is 4.99 Å². The molecule has 0 aromatic carbocycles. The van der Waals surface area contributed by atoms with E-state index in [4.69, 9.17) is 0 Å². The number of aliphatic imine (C=N–C) groups is 1. The van der Waals surface area contributed by atoms with E-state index >= 15 is 0 Å². The summed E-state index contributed by atoms with van der Waals surface area (Å²) in [7, 11) is 0. The summed E-state index contributed by atoms with van der Waals surface area (Å²) in [6, 6.07) is 0. The molecule has 0 bridgehead atoms. The van der Waals surface area contributed by atoms with Crippen molar-refractivity contribution in [1.29, 1.82) is 0 Å². The van der Waals surface area contributed by atoms with E-state index in [2.05, 4.69) is 24.2 Å². The maximum absolute atomic E-state index is 4.59. The van der Waals surface area contributed by atoms with Gasteiger partial charge < -0.3 is 5.32 Å². The number of amidine groups is 1. The Morgan fingerprint density at radius 2 is 2.12 bits per heavy atom. The summed E-state index contributed by atoms with van der Waals surface area (Å²) in [5, 5.41) is 4.75. The van der Waals surface area contributed by atoms with E-state index in [1.54, 1.807) is 0 Å². The molecule has 3 heteroatoms. The largest absolute Gasteiger partial charge is 0.364 e. The van der Waals surface area contributed by atoms with Gasteiger partial charge in [0.15, 0.2) is 5.17 Å². The smallest absolute Gasteiger partial charge is 0.156 e. The third-order valence-electron chi connectivity index (χ3n) is 3.78. The van der Waals surface area contributed by atoms with Crippen LogP contribution in [-0.2, 0) is 0 Å². The van der Waals surface area contributed by atoms with Gasteiger partial charge in [0.2, 0.25) is 0 Å². The van der Waals surface area contributed by atoms with Crippen molar-refractivity contribution < 1.29 is 0 Å². The highest BCUT2D eigenvalue weighted by atomic mass is 32.2. The molecule has 1 aliphatic carbocycles. The van der Waals surface area contributed by atoms with Gasteiger partial charge in [0.05, 0.1) is 0 Å². The van der Waals surface area contributed by atoms with E-state index in [0.29, 0.717) is 5.41 Å². The lowest BCUT2D eigenvalue weighted by atomic mass is 9.76. The first kappa shape index (κ1) is 12.3. The molecule has 16 heavy (non-hydrogen) atoms. The average Bonchev–Trinajstić information content (AvgIpc) is 2.29. The van der Waals surface area contributed by atoms with Crippen molar-refractivity contribution in [2.24, 2.45) is 16.3 Å². The minimum absolute atomic E-state index is 0.518. The zero-order valence-corrected chi connectivity index (χ0v) is 11.4. The first-order chi connectivity index (χ1) is 7.68. The monoisotopic (exact) mass is 240 g/mol. The molecule has 1 unspecified atom stereocenters. The van der Waals surface area contributed by atoms with Crippen LogP contribution in [0, 0.1) is 11.3 Å². The fourth-order valence-electron chi connectivity index (χ4n) is 2.54. The van der Waals surface area contributed by atoms with Gasteiger partial charge in [-0.05, 0) is 24.2 Å². The van der Waals surface area contributed by atoms with Crippen molar-refractivity contribution in [3.8, 4) is 0 Å². The van der Waals surface area contributed by atoms with Crippen LogP contribution in [0.5, 0.6) is 0 Å². The van der Waals surface area contributed by atoms with E-state index in [1.165, 1.54) is 43.0 Å². The Hall–Kier alpha value is -0.180. The SMILES string of the molecule is CC1CN=C(NCC2(C)CCCCC2)SC1. The second-order valence-electron chi connectivity index (χ2n) is 5.79. The van der Waals surface area contributed by atoms with E-state index in [0.717, 1.165) is 19.0 Å². The Labute approximate surface area is 104 Å². The van der Waals surface area contributed by atoms with Crippen LogP contribution in [0.25, 0.3) is 0 Å². The summed E-state index contributed by atoms with van der Waals surface area (Å²) in [4.78, 5) is 4.59. The fourth-order valence-corrected chi connectivity index (χ4v) is 3.42. The van der Waals surface area contributed by atoms with Crippen LogP contribution in [-0.4, -0.2) is 24.0 Å². The van der Waals surface area contributed by atoms with Crippen LogP contribution < -0.4 is 5.32 Å². The Kier molecular flexibility index (Phi) is 4.17. The predicted molar refractivity (Wildman–Crippen MR) is 73.1 cm³/mol. The maximum atomic E-state index is 4.59. The van der Waals surface area contributed by atoms with Crippen molar-refractivity contribution in [3.63, 3.8) is 0 Å². The number of thioether (sulfide) groups is 1. The van der Waals surface area contributed by atoms with Gasteiger partial charge in [0.1, 0.15) is 0 Å². The molecule has 1 atom stereocenters. The highest BCUT2D eigenvalue weighted by Gasteiger charge is 2.27. The Morgan fingerprint density at radius 3 is 2.75 bits per heavy atom. The molecule has 1 aliphatic heterocycles. The Bertz CT molecular complexity index is 257. The number of hydrogen-bond donors (Lipinski definition) is 1. The highest BCUT2D eigenvalue weighted by molar-refractivity contribution is 8.13. The normalized spacial score (nSPS) is 29.6. The standard InChI is InChI=1S/C13H24N2S/c1-11-8-14-12(16-9-11)15-10-13(2)6-4-3-5-7-13/h11H,3-10H2,1-2H3,(H,14,15). The van der Waals surface area contributed by atoms with E-state index < -0.39 is 0 Å². The molecule has 2 rings (SSSR count). The van der Waals surface area contributed by atoms with Crippen molar-refractivity contribution in [1.82, 2.24) is 5.32 Å². The van der Waals surface area contributed by atoms with Crippen LogP contribution in [0.2, 0.25) is 0 Å². The molecule has 92 valence electrons. The minimum Gasteiger partial charge on any atom is -0.364 e. The fraction of sp³-hybridized carbons (Fsp3) is 0.923. The molecule has 1 saturated carbocycles. The molecule has 0 amide bonds. The van der Waals surface area contributed by atoms with Crippen molar-refractivity contribution >= 4 is 16.9 Å². The lowest BCUT2D eigenvalue weighted by Crippen LogP contribution is -2.37. The van der Waals surface area contributed by atoms with Crippen LogP contribution in [0.4, 0.5) is 0 Å². The Morgan fingerprint density at radius 1 is 1.38 bits per heavy atom. The van der Waals surface area contributed by atoms with Crippen LogP contribution in [0.1, 0.15) is 46.0 Å². The van der Waals surface area contributed by atoms with Gasteiger partial charge in [-0.3, -0.25) is 4.99 Å². The molecule has 0 aromatic rings. The van der Waals surface area contributed by atoms with Gasteiger partial charge in [0.25, 0.3) is 0 Å². The molecule has 0 saturated heterocycles. The summed E-state index contributed by atoms with van der Waals surface area (Å²) in [6.45, 7) is 6.82. The minimum atomic E-state index is 0.518. The zero-order chi connectivity index (χ0) is 11.4. The van der Waals surface area contributed by atoms with Gasteiger partial charge in [-0.2, -0.15) is 0 Å². The van der Waals surface area contributed by atoms with E-state index in [-0.39, 0.29) is 0 Å². The maximum Gasteiger partial charge on any atom is 0.156 e. The summed E-state index contributed by atoms with van der Waals surface area (Å²) in [5.74, 6) is 1.98. The highest BCUT2D eigenvalue weighted by Crippen LogP contribution is 2.35. The summed E-state index contributed by atoms with van der Waals surface area (Å²) < 4.78 is 0. The third kappa shape index (κ3) is 3.41. The molecule has 1 heterocycles. The molecule has 0 spiro atoms. The van der Waals surface area contributed by atoms with E-state index in [1.807, 2.05) is 11.8 Å². The van der Waals surface area contributed by atoms with Crippen LogP contribution >= 0.6 is 11.8 Å². The van der Waals surface area contributed by atoms with Crippen molar-refractivity contribution in [2.45, 2.75) is 46.0 Å². The predicted octanol–water partition coefficient (Wildman–Crippen LogP) is 3.29. The molecular weight excluding hydrogens is 216 g/mol. The molecule has 1 N–H and O–H groups in total. The van der Waals surface area contributed by atoms with Gasteiger partial charge >= 0.3 is 0 Å². The Balaban J connectivity index is 1.78. The topological polar surface area (TPSA) is 24.4 Å². The summed E-state index contributed by atoms with van der Waals surface area (Å²) in [5.41, 5.74) is 0.518. The average molecular weight is 240 g/mol. The molecule has 0 aromatic heterocycles. The van der Waals surface area contributed by atoms with Crippen LogP contribution in [0.3, 0.4) is 0 Å². The van der Waals surface area contributed by atoms with Gasteiger partial charge in [-0.1, -0.05) is 44.9 Å². The summed E-state index contributed by atoms with van der Waals surface area (Å²) >= 11 is 1.90. The lowest BCUT2D eigenvalue weighted by Gasteiger charge is -2.34. The first-order valence-corrected chi connectivity index (χ1v) is 7.58. The number of rotatable bonds is 2. The first-order valence-electron chi connectivity index (χ1n) is 6.59. The van der Waals surface area contributed by atoms with E-state index in [9.17, 15) is 0 Å². The third-order valence-corrected chi connectivity index (χ3v) is 5.06. The lowest BCUT2D eigenvalue weighted by molar-refractivity contribution is 0.218. The molecule has 2 aliphatic rings. The van der Waals surface area contributed by atoms with Gasteiger partial charge in [0, 0.05) is 18.8 Å². The second kappa shape index (κ2) is 5.44. The summed E-state index contributed by atoms with van der Waals surface area (Å²) in [6.07, 6.45) is 7.02. The van der Waals surface area contributed by atoms with Gasteiger partial charge in [-0.15, -0.1) is 0 Å².